The van der Waals surface area contributed by atoms with Gasteiger partial charge in [0.25, 0.3) is 0 Å². The molecular weight excluding hydrogens is 358 g/mol. The number of aryl methyl sites for hydroxylation is 2. The average molecular weight is 367 g/mol. The minimum atomic E-state index is -0.704. The number of thiophene rings is 1. The summed E-state index contributed by atoms with van der Waals surface area (Å²) in [6.07, 6.45) is -0.704. The first-order chi connectivity index (χ1) is 7.50. The van der Waals surface area contributed by atoms with E-state index in [-0.39, 0.29) is 0 Å². The topological polar surface area (TPSA) is 50.9 Å². The number of nitrogens with zero attached hydrogens (tertiary/aromatic N) is 3. The summed E-state index contributed by atoms with van der Waals surface area (Å²) in [7, 11) is 1.76. The number of halogens is 2. The molecule has 4 nitrogen and oxygen atoms in total. The van der Waals surface area contributed by atoms with Crippen molar-refractivity contribution in [2.24, 2.45) is 7.05 Å². The van der Waals surface area contributed by atoms with E-state index in [1.54, 1.807) is 23.1 Å². The first kappa shape index (κ1) is 12.2. The number of hydrogen-bond donors (Lipinski definition) is 1. The molecule has 0 aliphatic heterocycles. The Balaban J connectivity index is 2.42. The van der Waals surface area contributed by atoms with Gasteiger partial charge in [-0.3, -0.25) is 0 Å². The zero-order valence-electron chi connectivity index (χ0n) is 8.61. The summed E-state index contributed by atoms with van der Waals surface area (Å²) in [6, 6.07) is 1.92. The van der Waals surface area contributed by atoms with E-state index in [1.165, 1.54) is 0 Å². The molecule has 0 saturated heterocycles. The Morgan fingerprint density at radius 3 is 2.62 bits per heavy atom. The van der Waals surface area contributed by atoms with Crippen LogP contribution in [-0.2, 0) is 7.05 Å². The second kappa shape index (κ2) is 4.56. The van der Waals surface area contributed by atoms with Crippen LogP contribution in [0.25, 0.3) is 0 Å². The molecule has 2 rings (SSSR count). The van der Waals surface area contributed by atoms with Gasteiger partial charge in [-0.25, -0.2) is 4.68 Å². The van der Waals surface area contributed by atoms with Gasteiger partial charge >= 0.3 is 0 Å². The van der Waals surface area contributed by atoms with E-state index in [0.29, 0.717) is 10.3 Å². The van der Waals surface area contributed by atoms with Crippen LogP contribution in [0.1, 0.15) is 21.6 Å². The summed E-state index contributed by atoms with van der Waals surface area (Å²) < 4.78 is 3.15. The molecule has 0 amide bonds. The quantitative estimate of drug-likeness (QED) is 0.889. The molecule has 2 aromatic rings. The molecule has 0 spiro atoms. The lowest BCUT2D eigenvalue weighted by molar-refractivity contribution is 0.212. The highest BCUT2D eigenvalue weighted by atomic mass is 79.9. The molecule has 86 valence electrons. The average Bonchev–Trinajstić information content (AvgIpc) is 2.72. The maximum Gasteiger partial charge on any atom is 0.154 e. The molecule has 0 aromatic carbocycles. The van der Waals surface area contributed by atoms with E-state index in [4.69, 9.17) is 0 Å². The molecule has 0 radical (unpaired) electrons. The highest BCUT2D eigenvalue weighted by molar-refractivity contribution is 9.10. The molecule has 0 aliphatic rings. The molecule has 1 atom stereocenters. The van der Waals surface area contributed by atoms with Crippen molar-refractivity contribution in [3.63, 3.8) is 0 Å². The summed E-state index contributed by atoms with van der Waals surface area (Å²) in [4.78, 5) is 2.01. The Hall–Kier alpha value is -0.240. The van der Waals surface area contributed by atoms with Gasteiger partial charge in [-0.15, -0.1) is 16.4 Å². The van der Waals surface area contributed by atoms with Crippen LogP contribution in [0, 0.1) is 6.92 Å². The van der Waals surface area contributed by atoms with Gasteiger partial charge < -0.3 is 5.11 Å². The van der Waals surface area contributed by atoms with E-state index < -0.39 is 6.10 Å². The number of rotatable bonds is 2. The molecule has 2 aromatic heterocycles. The summed E-state index contributed by atoms with van der Waals surface area (Å²) in [5.41, 5.74) is 0.661. The lowest BCUT2D eigenvalue weighted by Gasteiger charge is -2.08. The Bertz CT molecular complexity index is 484. The molecule has 0 saturated carbocycles. The van der Waals surface area contributed by atoms with Crippen molar-refractivity contribution < 1.29 is 5.11 Å². The first-order valence-electron chi connectivity index (χ1n) is 4.49. The lowest BCUT2D eigenvalue weighted by atomic mass is 10.2. The molecule has 2 heterocycles. The van der Waals surface area contributed by atoms with Crippen LogP contribution < -0.4 is 0 Å². The van der Waals surface area contributed by atoms with Gasteiger partial charge in [0.05, 0.1) is 0 Å². The third-order valence-corrected chi connectivity index (χ3v) is 4.99. The predicted octanol–water partition coefficient (Wildman–Crippen LogP) is 2.79. The predicted molar refractivity (Wildman–Crippen MR) is 69.5 cm³/mol. The fraction of sp³-hybridized carbons (Fsp3) is 0.333. The van der Waals surface area contributed by atoms with Crippen LogP contribution in [0.5, 0.6) is 0 Å². The number of hydrogen-bond acceptors (Lipinski definition) is 4. The Morgan fingerprint density at radius 1 is 1.50 bits per heavy atom. The fourth-order valence-corrected chi connectivity index (χ4v) is 3.48. The van der Waals surface area contributed by atoms with Crippen LogP contribution in [0.2, 0.25) is 0 Å². The van der Waals surface area contributed by atoms with Gasteiger partial charge in [0.1, 0.15) is 11.8 Å². The van der Waals surface area contributed by atoms with Gasteiger partial charge in [-0.2, -0.15) is 0 Å². The van der Waals surface area contributed by atoms with Crippen molar-refractivity contribution >= 4 is 43.2 Å². The number of aliphatic hydroxyl groups is 1. The van der Waals surface area contributed by atoms with Gasteiger partial charge in [0.15, 0.2) is 4.60 Å². The van der Waals surface area contributed by atoms with E-state index in [2.05, 4.69) is 42.2 Å². The van der Waals surface area contributed by atoms with Gasteiger partial charge in [0.2, 0.25) is 0 Å². The maximum atomic E-state index is 10.2. The molecule has 7 heteroatoms. The van der Waals surface area contributed by atoms with Crippen LogP contribution in [0.3, 0.4) is 0 Å². The van der Waals surface area contributed by atoms with Crippen LogP contribution in [-0.4, -0.2) is 20.1 Å². The Kier molecular flexibility index (Phi) is 3.48. The third-order valence-electron chi connectivity index (χ3n) is 2.23. The molecule has 1 unspecified atom stereocenters. The summed E-state index contributed by atoms with van der Waals surface area (Å²) in [6.45, 7) is 2.00. The van der Waals surface area contributed by atoms with E-state index in [9.17, 15) is 5.11 Å². The normalized spacial score (nSPS) is 13.1. The third kappa shape index (κ3) is 2.09. The standard InChI is InChI=1S/C9H9Br2N3OS/c1-4-5(10)3-6(16-4)8(15)7-9(11)12-13-14(7)2/h3,8,15H,1-2H3. The van der Waals surface area contributed by atoms with Crippen LogP contribution >= 0.6 is 43.2 Å². The minimum Gasteiger partial charge on any atom is -0.381 e. The zero-order chi connectivity index (χ0) is 11.9. The van der Waals surface area contributed by atoms with Crippen molar-refractivity contribution in [1.29, 1.82) is 0 Å². The second-order valence-electron chi connectivity index (χ2n) is 3.34. The summed E-state index contributed by atoms with van der Waals surface area (Å²) in [5.74, 6) is 0. The minimum absolute atomic E-state index is 0.574. The SMILES string of the molecule is Cc1sc(C(O)c2c(Br)nnn2C)cc1Br. The molecule has 0 bridgehead atoms. The molecule has 16 heavy (non-hydrogen) atoms. The Labute approximate surface area is 114 Å². The van der Waals surface area contributed by atoms with E-state index in [0.717, 1.165) is 14.2 Å². The second-order valence-corrected chi connectivity index (χ2v) is 6.24. The van der Waals surface area contributed by atoms with Crippen molar-refractivity contribution in [2.45, 2.75) is 13.0 Å². The van der Waals surface area contributed by atoms with E-state index in [1.807, 2.05) is 13.0 Å². The largest absolute Gasteiger partial charge is 0.381 e. The first-order valence-corrected chi connectivity index (χ1v) is 6.90. The highest BCUT2D eigenvalue weighted by Crippen LogP contribution is 2.35. The molecule has 0 fully saturated rings. The molecule has 1 N–H and O–H groups in total. The lowest BCUT2D eigenvalue weighted by Crippen LogP contribution is -2.05. The zero-order valence-corrected chi connectivity index (χ0v) is 12.6. The fourth-order valence-electron chi connectivity index (χ4n) is 1.38. The van der Waals surface area contributed by atoms with Crippen molar-refractivity contribution in [2.75, 3.05) is 0 Å². The summed E-state index contributed by atoms with van der Waals surface area (Å²) >= 11 is 8.26. The van der Waals surface area contributed by atoms with Crippen molar-refractivity contribution in [3.05, 3.63) is 30.6 Å². The van der Waals surface area contributed by atoms with Crippen molar-refractivity contribution in [3.8, 4) is 0 Å². The maximum absolute atomic E-state index is 10.2. The highest BCUT2D eigenvalue weighted by Gasteiger charge is 2.21. The number of aliphatic hydroxyl groups excluding tert-OH is 1. The molecule has 0 aliphatic carbocycles. The smallest absolute Gasteiger partial charge is 0.154 e. The number of aromatic nitrogens is 3. The van der Waals surface area contributed by atoms with Gasteiger partial charge in [-0.1, -0.05) is 5.21 Å². The van der Waals surface area contributed by atoms with Gasteiger partial charge in [-0.05, 0) is 44.8 Å². The monoisotopic (exact) mass is 365 g/mol. The summed E-state index contributed by atoms with van der Waals surface area (Å²) in [5, 5.41) is 17.9. The van der Waals surface area contributed by atoms with Gasteiger partial charge in [0, 0.05) is 21.3 Å². The van der Waals surface area contributed by atoms with Crippen LogP contribution in [0.15, 0.2) is 15.1 Å². The molecular formula is C9H9Br2N3OS. The van der Waals surface area contributed by atoms with Crippen LogP contribution in [0.4, 0.5) is 0 Å². The van der Waals surface area contributed by atoms with E-state index >= 15 is 0 Å². The van der Waals surface area contributed by atoms with Crippen molar-refractivity contribution in [1.82, 2.24) is 15.0 Å². The Morgan fingerprint density at radius 2 is 2.19 bits per heavy atom.